The fraction of sp³-hybridized carbons (Fsp3) is 1.00. The molecule has 0 fully saturated rings. The molecule has 4 nitrogen and oxygen atoms in total. The third kappa shape index (κ3) is 16.5. The summed E-state index contributed by atoms with van der Waals surface area (Å²) in [5.41, 5.74) is 0. The van der Waals surface area contributed by atoms with Gasteiger partial charge in [0.15, 0.2) is 0 Å². The van der Waals surface area contributed by atoms with Crippen LogP contribution in [0.1, 0.15) is 85.5 Å². The maximum absolute atomic E-state index is 6.24. The second kappa shape index (κ2) is 21.0. The Labute approximate surface area is 170 Å². The molecule has 146 valence electrons. The van der Waals surface area contributed by atoms with Gasteiger partial charge in [0, 0.05) is 25.9 Å². The summed E-state index contributed by atoms with van der Waals surface area (Å²) in [6.07, 6.45) is 10.1. The first kappa shape index (κ1) is 27.9. The Balaban J connectivity index is 0. The Hall–Kier alpha value is 0.654. The third-order valence-electron chi connectivity index (χ3n) is 3.93. The zero-order valence-electron chi connectivity index (χ0n) is 17.8. The molecule has 0 heterocycles. The van der Waals surface area contributed by atoms with Gasteiger partial charge < -0.3 is 18.6 Å². The van der Waals surface area contributed by atoms with E-state index in [1.807, 2.05) is 0 Å². The topological polar surface area (TPSA) is 41.8 Å². The number of unbranched alkanes of at least 4 members (excludes halogenated alkanes) is 4. The fourth-order valence-electron chi connectivity index (χ4n) is 2.25. The minimum absolute atomic E-state index is 0. The Morgan fingerprint density at radius 3 is 1.40 bits per heavy atom. The fourth-order valence-corrected chi connectivity index (χ4v) is 4.89. The van der Waals surface area contributed by atoms with Crippen molar-refractivity contribution in [1.29, 1.82) is 0 Å². The molecule has 0 amide bonds. The third-order valence-corrected chi connectivity index (χ3v) is 6.83. The van der Waals surface area contributed by atoms with Crippen LogP contribution >= 0.6 is 0 Å². The minimum atomic E-state index is -2.54. The van der Waals surface area contributed by atoms with Crippen molar-refractivity contribution in [3.05, 3.63) is 5.32 Å². The van der Waals surface area contributed by atoms with Crippen LogP contribution < -0.4 is 18.9 Å². The maximum Gasteiger partial charge on any atom is 1.00 e. The molecule has 0 N–H and O–H groups in total. The molecule has 0 saturated carbocycles. The van der Waals surface area contributed by atoms with E-state index in [-0.39, 0.29) is 18.9 Å². The first-order valence-electron chi connectivity index (χ1n) is 10.3. The molecule has 0 aliphatic carbocycles. The first-order chi connectivity index (χ1) is 11.7. The van der Waals surface area contributed by atoms with Crippen molar-refractivity contribution in [2.45, 2.75) is 91.5 Å². The average molecular weight is 368 g/mol. The van der Waals surface area contributed by atoms with Crippen molar-refractivity contribution in [2.24, 2.45) is 0 Å². The summed E-state index contributed by atoms with van der Waals surface area (Å²) in [5.74, 6) is 0. The van der Waals surface area contributed by atoms with Gasteiger partial charge in [-0.1, -0.05) is 66.2 Å². The van der Waals surface area contributed by atoms with Gasteiger partial charge in [0.25, 0.3) is 0 Å². The number of hydrogen-bond donors (Lipinski definition) is 0. The van der Waals surface area contributed by atoms with Gasteiger partial charge in [-0.15, -0.1) is 13.1 Å². The van der Waals surface area contributed by atoms with Crippen molar-refractivity contribution in [2.75, 3.05) is 32.9 Å². The number of rotatable bonds is 19. The molecule has 0 aromatic rings. The average Bonchev–Trinajstić information content (AvgIpc) is 2.58. The second-order valence-electron chi connectivity index (χ2n) is 6.42. The van der Waals surface area contributed by atoms with E-state index in [4.69, 9.17) is 13.3 Å². The Morgan fingerprint density at radius 1 is 0.600 bits per heavy atom. The predicted octanol–water partition coefficient (Wildman–Crippen LogP) is 2.94. The minimum Gasteiger partial charge on any atom is -0.662 e. The standard InChI is InChI=1S/C19H42NO3Si.Li/c1-5-9-14-20-15-13-19-24(21-16-10-6-2,22-17-11-7-3)23-18-12-8-4;/h5-19H2,1-4H3;/q-1;+1. The van der Waals surface area contributed by atoms with Crippen LogP contribution in [0.25, 0.3) is 5.32 Å². The second-order valence-corrected chi connectivity index (χ2v) is 9.15. The van der Waals surface area contributed by atoms with Crippen molar-refractivity contribution in [3.8, 4) is 0 Å². The van der Waals surface area contributed by atoms with Crippen molar-refractivity contribution in [1.82, 2.24) is 0 Å². The van der Waals surface area contributed by atoms with E-state index in [2.05, 4.69) is 33.0 Å². The summed E-state index contributed by atoms with van der Waals surface area (Å²) in [6.45, 7) is 12.9. The van der Waals surface area contributed by atoms with Crippen LogP contribution in [0.2, 0.25) is 6.04 Å². The zero-order chi connectivity index (χ0) is 17.9. The molecule has 0 radical (unpaired) electrons. The van der Waals surface area contributed by atoms with Gasteiger partial charge in [0.2, 0.25) is 0 Å². The molecule has 0 unspecified atom stereocenters. The Bertz CT molecular complexity index is 234. The zero-order valence-corrected chi connectivity index (χ0v) is 18.8. The van der Waals surface area contributed by atoms with Gasteiger partial charge in [-0.05, 0) is 19.3 Å². The molecule has 0 saturated heterocycles. The van der Waals surface area contributed by atoms with E-state index < -0.39 is 8.80 Å². The van der Waals surface area contributed by atoms with Crippen LogP contribution in [0, 0.1) is 0 Å². The monoisotopic (exact) mass is 367 g/mol. The smallest absolute Gasteiger partial charge is 0.662 e. The van der Waals surface area contributed by atoms with Gasteiger partial charge in [0.05, 0.1) is 0 Å². The van der Waals surface area contributed by atoms with Gasteiger partial charge in [-0.2, -0.15) is 0 Å². The number of nitrogens with zero attached hydrogens (tertiary/aromatic N) is 1. The van der Waals surface area contributed by atoms with E-state index in [1.165, 1.54) is 12.8 Å². The van der Waals surface area contributed by atoms with Crippen LogP contribution in [0.5, 0.6) is 0 Å². The van der Waals surface area contributed by atoms with Crippen LogP contribution in [-0.2, 0) is 13.3 Å². The Morgan fingerprint density at radius 2 is 1.00 bits per heavy atom. The van der Waals surface area contributed by atoms with Crippen molar-refractivity contribution >= 4 is 8.80 Å². The molecule has 0 aliphatic rings. The van der Waals surface area contributed by atoms with E-state index in [1.54, 1.807) is 0 Å². The molecule has 0 aromatic heterocycles. The molecule has 0 spiro atoms. The quantitative estimate of drug-likeness (QED) is 0.260. The largest absolute Gasteiger partial charge is 1.00 e. The SMILES string of the molecule is CCCC[N-]CCC[Si](OCCCC)(OCCCC)OCCCC.[Li+]. The molecule has 25 heavy (non-hydrogen) atoms. The summed E-state index contributed by atoms with van der Waals surface area (Å²) in [4.78, 5) is 0. The molecule has 6 heteroatoms. The molecule has 0 aromatic carbocycles. The van der Waals surface area contributed by atoms with Crippen molar-refractivity contribution in [3.63, 3.8) is 0 Å². The molecular weight excluding hydrogens is 325 g/mol. The summed E-state index contributed by atoms with van der Waals surface area (Å²) < 4.78 is 18.7. The van der Waals surface area contributed by atoms with E-state index in [9.17, 15) is 0 Å². The van der Waals surface area contributed by atoms with Crippen molar-refractivity contribution < 1.29 is 32.1 Å². The number of hydrogen-bond acceptors (Lipinski definition) is 3. The van der Waals surface area contributed by atoms with Gasteiger partial charge in [-0.25, -0.2) is 0 Å². The summed E-state index contributed by atoms with van der Waals surface area (Å²) in [7, 11) is -2.54. The van der Waals surface area contributed by atoms with Gasteiger partial charge in [-0.3, -0.25) is 0 Å². The summed E-state index contributed by atoms with van der Waals surface area (Å²) in [6, 6.07) is 0.903. The van der Waals surface area contributed by atoms with E-state index in [0.29, 0.717) is 0 Å². The Kier molecular flexibility index (Phi) is 23.4. The summed E-state index contributed by atoms with van der Waals surface area (Å²) >= 11 is 0. The molecular formula is C19H42LiNO3Si. The van der Waals surface area contributed by atoms with Gasteiger partial charge in [0.1, 0.15) is 0 Å². The van der Waals surface area contributed by atoms with Crippen LogP contribution in [0.15, 0.2) is 0 Å². The van der Waals surface area contributed by atoms with Crippen LogP contribution in [0.4, 0.5) is 0 Å². The molecule has 0 aliphatic heterocycles. The van der Waals surface area contributed by atoms with Crippen LogP contribution in [0.3, 0.4) is 0 Å². The molecule has 0 bridgehead atoms. The van der Waals surface area contributed by atoms with Crippen LogP contribution in [-0.4, -0.2) is 41.7 Å². The molecule has 0 atom stereocenters. The van der Waals surface area contributed by atoms with Gasteiger partial charge >= 0.3 is 27.7 Å². The maximum atomic E-state index is 6.24. The first-order valence-corrected chi connectivity index (χ1v) is 12.2. The predicted molar refractivity (Wildman–Crippen MR) is 106 cm³/mol. The normalized spacial score (nSPS) is 11.5. The summed E-state index contributed by atoms with van der Waals surface area (Å²) in [5, 5.41) is 4.61. The molecule has 0 rings (SSSR count). The van der Waals surface area contributed by atoms with E-state index in [0.717, 1.165) is 83.9 Å². The van der Waals surface area contributed by atoms with E-state index >= 15 is 0 Å².